The highest BCUT2D eigenvalue weighted by Crippen LogP contribution is 2.42. The summed E-state index contributed by atoms with van der Waals surface area (Å²) < 4.78 is 11.7. The number of fused-ring (bicyclic) bond motifs is 3. The first-order valence-corrected chi connectivity index (χ1v) is 8.18. The van der Waals surface area contributed by atoms with Crippen molar-refractivity contribution >= 4 is 26.9 Å². The van der Waals surface area contributed by atoms with Crippen molar-refractivity contribution in [2.45, 2.75) is 5.92 Å². The van der Waals surface area contributed by atoms with Gasteiger partial charge in [-0.3, -0.25) is 10.1 Å². The Morgan fingerprint density at radius 1 is 1.08 bits per heavy atom. The lowest BCUT2D eigenvalue weighted by atomic mass is 9.87. The van der Waals surface area contributed by atoms with E-state index in [1.165, 1.54) is 0 Å². The lowest BCUT2D eigenvalue weighted by Gasteiger charge is -2.21. The van der Waals surface area contributed by atoms with Crippen LogP contribution in [0.3, 0.4) is 0 Å². The van der Waals surface area contributed by atoms with Crippen LogP contribution in [0.5, 0.6) is 5.75 Å². The molecule has 3 aromatic rings. The molecule has 124 valence electrons. The number of nitrogens with zero attached hydrogens (tertiary/aromatic N) is 1. The Bertz CT molecular complexity index is 1080. The maximum absolute atomic E-state index is 12.6. The zero-order chi connectivity index (χ0) is 17.6. The van der Waals surface area contributed by atoms with Gasteiger partial charge in [-0.05, 0) is 29.8 Å². The summed E-state index contributed by atoms with van der Waals surface area (Å²) in [4.78, 5) is 23.6. The van der Waals surface area contributed by atoms with Crippen molar-refractivity contribution in [3.05, 3.63) is 96.6 Å². The zero-order valence-corrected chi connectivity index (χ0v) is 14.2. The molecular formula is C18H10BrNO5. The first-order chi connectivity index (χ1) is 12.1. The van der Waals surface area contributed by atoms with E-state index in [9.17, 15) is 14.9 Å². The van der Waals surface area contributed by atoms with Crippen molar-refractivity contribution in [3.63, 3.8) is 0 Å². The molecule has 0 bridgehead atoms. The van der Waals surface area contributed by atoms with Gasteiger partial charge in [0, 0.05) is 4.47 Å². The molecule has 1 aliphatic heterocycles. The molecule has 1 unspecified atom stereocenters. The molecule has 7 heteroatoms. The van der Waals surface area contributed by atoms with Crippen LogP contribution < -0.4 is 10.4 Å². The standard InChI is InChI=1S/C18H10BrNO5/c19-11-7-5-10(6-8-11)15-13(20(22)23)9-24-17-12-3-1-2-4-14(12)25-18(21)16(15)17/h1-9,15H. The van der Waals surface area contributed by atoms with Crippen molar-refractivity contribution in [1.29, 1.82) is 0 Å². The second-order valence-corrected chi connectivity index (χ2v) is 6.45. The molecule has 0 amide bonds. The van der Waals surface area contributed by atoms with E-state index < -0.39 is 16.5 Å². The molecule has 1 aromatic heterocycles. The monoisotopic (exact) mass is 399 g/mol. The van der Waals surface area contributed by atoms with E-state index in [2.05, 4.69) is 15.9 Å². The minimum atomic E-state index is -0.868. The highest BCUT2D eigenvalue weighted by atomic mass is 79.9. The summed E-state index contributed by atoms with van der Waals surface area (Å²) in [5.41, 5.74) is 0.263. The Balaban J connectivity index is 2.04. The summed E-state index contributed by atoms with van der Waals surface area (Å²) in [5.74, 6) is -0.571. The number of ether oxygens (including phenoxy) is 1. The van der Waals surface area contributed by atoms with Gasteiger partial charge in [-0.15, -0.1) is 0 Å². The van der Waals surface area contributed by atoms with Crippen molar-refractivity contribution in [3.8, 4) is 5.75 Å². The maximum Gasteiger partial charge on any atom is 0.344 e. The molecule has 2 heterocycles. The minimum Gasteiger partial charge on any atom is -0.457 e. The average Bonchev–Trinajstić information content (AvgIpc) is 2.61. The predicted molar refractivity (Wildman–Crippen MR) is 94.2 cm³/mol. The summed E-state index contributed by atoms with van der Waals surface area (Å²) in [7, 11) is 0. The van der Waals surface area contributed by atoms with Gasteiger partial charge in [-0.2, -0.15) is 0 Å². The highest BCUT2D eigenvalue weighted by Gasteiger charge is 2.38. The molecule has 4 rings (SSSR count). The second kappa shape index (κ2) is 5.86. The van der Waals surface area contributed by atoms with Gasteiger partial charge in [0.25, 0.3) is 5.70 Å². The lowest BCUT2D eigenvalue weighted by Crippen LogP contribution is -2.24. The lowest BCUT2D eigenvalue weighted by molar-refractivity contribution is -0.431. The van der Waals surface area contributed by atoms with Crippen molar-refractivity contribution < 1.29 is 14.1 Å². The first-order valence-electron chi connectivity index (χ1n) is 7.38. The Labute approximate surface area is 149 Å². The molecule has 6 nitrogen and oxygen atoms in total. The molecule has 2 aromatic carbocycles. The SMILES string of the molecule is O=c1oc2ccccc2c2c1C(c1ccc(Br)cc1)C([N+](=O)[O-])=CO2. The molecule has 1 atom stereocenters. The molecule has 0 fully saturated rings. The van der Waals surface area contributed by atoms with Crippen LogP contribution in [0.25, 0.3) is 11.0 Å². The maximum atomic E-state index is 12.6. The molecule has 0 N–H and O–H groups in total. The van der Waals surface area contributed by atoms with Gasteiger partial charge in [0.2, 0.25) is 0 Å². The summed E-state index contributed by atoms with van der Waals surface area (Å²) >= 11 is 3.34. The number of para-hydroxylation sites is 1. The fourth-order valence-corrected chi connectivity index (χ4v) is 3.25. The molecule has 25 heavy (non-hydrogen) atoms. The van der Waals surface area contributed by atoms with Gasteiger partial charge in [0.05, 0.1) is 15.9 Å². The number of benzene rings is 2. The van der Waals surface area contributed by atoms with E-state index in [1.807, 2.05) is 0 Å². The van der Waals surface area contributed by atoms with Gasteiger partial charge in [0.15, 0.2) is 6.26 Å². The van der Waals surface area contributed by atoms with Crippen LogP contribution in [-0.4, -0.2) is 4.92 Å². The van der Waals surface area contributed by atoms with E-state index >= 15 is 0 Å². The molecule has 0 spiro atoms. The van der Waals surface area contributed by atoms with E-state index in [0.29, 0.717) is 22.3 Å². The Morgan fingerprint density at radius 3 is 2.52 bits per heavy atom. The van der Waals surface area contributed by atoms with Gasteiger partial charge in [-0.1, -0.05) is 40.2 Å². The van der Waals surface area contributed by atoms with Crippen molar-refractivity contribution in [2.24, 2.45) is 0 Å². The smallest absolute Gasteiger partial charge is 0.344 e. The van der Waals surface area contributed by atoms with Crippen LogP contribution in [0, 0.1) is 10.1 Å². The van der Waals surface area contributed by atoms with Gasteiger partial charge in [0.1, 0.15) is 17.3 Å². The molecule has 0 saturated heterocycles. The number of hydrogen-bond donors (Lipinski definition) is 0. The fraction of sp³-hybridized carbons (Fsp3) is 0.0556. The average molecular weight is 400 g/mol. The third kappa shape index (κ3) is 2.53. The molecule has 0 radical (unpaired) electrons. The summed E-state index contributed by atoms with van der Waals surface area (Å²) in [6.45, 7) is 0. The second-order valence-electron chi connectivity index (χ2n) is 5.53. The predicted octanol–water partition coefficient (Wildman–Crippen LogP) is 4.20. The Morgan fingerprint density at radius 2 is 1.80 bits per heavy atom. The van der Waals surface area contributed by atoms with E-state index in [1.54, 1.807) is 48.5 Å². The van der Waals surface area contributed by atoms with Crippen LogP contribution in [-0.2, 0) is 0 Å². The zero-order valence-electron chi connectivity index (χ0n) is 12.6. The quantitative estimate of drug-likeness (QED) is 0.366. The van der Waals surface area contributed by atoms with Gasteiger partial charge in [-0.25, -0.2) is 4.79 Å². The number of nitro groups is 1. The Kier molecular flexibility index (Phi) is 3.65. The first kappa shape index (κ1) is 15.6. The highest BCUT2D eigenvalue weighted by molar-refractivity contribution is 9.10. The fourth-order valence-electron chi connectivity index (χ4n) is 2.99. The molecule has 0 saturated carbocycles. The van der Waals surface area contributed by atoms with Crippen LogP contribution >= 0.6 is 15.9 Å². The summed E-state index contributed by atoms with van der Waals surface area (Å²) in [6, 6.07) is 13.9. The minimum absolute atomic E-state index is 0.134. The normalized spacial score (nSPS) is 16.0. The number of hydrogen-bond acceptors (Lipinski definition) is 5. The van der Waals surface area contributed by atoms with E-state index in [-0.39, 0.29) is 11.3 Å². The van der Waals surface area contributed by atoms with Crippen molar-refractivity contribution in [1.82, 2.24) is 0 Å². The molecular weight excluding hydrogens is 390 g/mol. The van der Waals surface area contributed by atoms with E-state index in [0.717, 1.165) is 10.7 Å². The number of rotatable bonds is 2. The molecule has 0 aliphatic carbocycles. The van der Waals surface area contributed by atoms with Crippen LogP contribution in [0.1, 0.15) is 17.0 Å². The summed E-state index contributed by atoms with van der Waals surface area (Å²) in [6.07, 6.45) is 1.10. The largest absolute Gasteiger partial charge is 0.457 e. The molecule has 1 aliphatic rings. The third-order valence-corrected chi connectivity index (χ3v) is 4.62. The van der Waals surface area contributed by atoms with Crippen LogP contribution in [0.2, 0.25) is 0 Å². The summed E-state index contributed by atoms with van der Waals surface area (Å²) in [5, 5.41) is 12.1. The number of allylic oxidation sites excluding steroid dienone is 1. The van der Waals surface area contributed by atoms with Gasteiger partial charge >= 0.3 is 5.63 Å². The van der Waals surface area contributed by atoms with Crippen LogP contribution in [0.4, 0.5) is 0 Å². The third-order valence-electron chi connectivity index (χ3n) is 4.10. The topological polar surface area (TPSA) is 82.6 Å². The Hall–Kier alpha value is -2.93. The number of halogens is 1. The van der Waals surface area contributed by atoms with E-state index in [4.69, 9.17) is 9.15 Å². The van der Waals surface area contributed by atoms with Gasteiger partial charge < -0.3 is 9.15 Å². The van der Waals surface area contributed by atoms with Crippen LogP contribution in [0.15, 0.2) is 74.2 Å². The van der Waals surface area contributed by atoms with Crippen molar-refractivity contribution in [2.75, 3.05) is 0 Å².